The van der Waals surface area contributed by atoms with Gasteiger partial charge in [-0.1, -0.05) is 127 Å². The molecule has 1 aliphatic carbocycles. The first-order valence-electron chi connectivity index (χ1n) is 13.0. The maximum absolute atomic E-state index is 8.68. The summed E-state index contributed by atoms with van der Waals surface area (Å²) < 4.78 is 42.0. The van der Waals surface area contributed by atoms with Crippen molar-refractivity contribution in [2.45, 2.75) is 5.41 Å². The van der Waals surface area contributed by atoms with E-state index in [4.69, 9.17) is 18.5 Å². The molecule has 6 rings (SSSR count). The average Bonchev–Trinajstić information content (AvgIpc) is 3.24. The molecule has 5 aromatic carbocycles. The molecule has 0 amide bonds. The molecule has 5 aromatic rings. The number of hydrogen-bond acceptors (Lipinski definition) is 0. The lowest BCUT2D eigenvalue weighted by Crippen LogP contribution is -2.28. The van der Waals surface area contributed by atoms with Gasteiger partial charge in [0.25, 0.3) is 0 Å². The zero-order valence-corrected chi connectivity index (χ0v) is 17.9. The Morgan fingerprint density at radius 3 is 1.97 bits per heavy atom. The van der Waals surface area contributed by atoms with E-state index >= 15 is 0 Å². The molecule has 1 atom stereocenters. The van der Waals surface area contributed by atoms with Crippen molar-refractivity contribution in [2.75, 3.05) is 0 Å². The topological polar surface area (TPSA) is 0 Å². The minimum Gasteiger partial charge on any atom is -0.0843 e. The Hall–Kier alpha value is -3.61. The first-order chi connectivity index (χ1) is 17.9. The molecule has 1 heteroatoms. The fourth-order valence-corrected chi connectivity index (χ4v) is 5.22. The summed E-state index contributed by atoms with van der Waals surface area (Å²) in [7, 11) is 0. The molecular weight excluding hydrogens is 408 g/mol. The van der Waals surface area contributed by atoms with Gasteiger partial charge in [0.2, 0.25) is 0 Å². The molecule has 152 valence electrons. The summed E-state index contributed by atoms with van der Waals surface area (Å²) in [5.74, 6) is 0. The molecule has 1 aliphatic rings. The van der Waals surface area contributed by atoms with Gasteiger partial charge in [0.05, 0.1) is 12.3 Å². The van der Waals surface area contributed by atoms with E-state index in [2.05, 4.69) is 24.3 Å². The van der Waals surface area contributed by atoms with Crippen molar-refractivity contribution in [2.24, 2.45) is 0 Å². The van der Waals surface area contributed by atoms with Gasteiger partial charge < -0.3 is 0 Å². The Bertz CT molecular complexity index is 1650. The minimum absolute atomic E-state index is 0.206. The van der Waals surface area contributed by atoms with Crippen LogP contribution in [0.15, 0.2) is 127 Å². The van der Waals surface area contributed by atoms with E-state index in [1.807, 2.05) is 72.8 Å². The van der Waals surface area contributed by atoms with Crippen LogP contribution < -0.4 is 0 Å². The Balaban J connectivity index is 1.79. The third-order valence-corrected chi connectivity index (χ3v) is 6.57. The van der Waals surface area contributed by atoms with E-state index in [9.17, 15) is 0 Å². The molecule has 0 saturated carbocycles. The van der Waals surface area contributed by atoms with Gasteiger partial charge in [-0.15, -0.1) is 0 Å². The summed E-state index contributed by atoms with van der Waals surface area (Å²) in [6, 6.07) is 30.6. The van der Waals surface area contributed by atoms with Crippen molar-refractivity contribution < 1.29 is 6.85 Å². The molecular formula is C31H21Cl. The first kappa shape index (κ1) is 14.5. The standard InChI is InChI=1S/C31H21Cl/c32-25-20-18-24(19-21-25)31(23-12-5-2-6-13-23)28-16-8-7-14-27(28)30-26(15-9-17-29(30)31)22-10-3-1-4-11-22/h1-21H/i1D,3D,4D,10D,11D. The third-order valence-electron chi connectivity index (χ3n) is 6.32. The van der Waals surface area contributed by atoms with Crippen LogP contribution in [0.3, 0.4) is 0 Å². The average molecular weight is 434 g/mol. The number of rotatable bonds is 3. The largest absolute Gasteiger partial charge is 0.0843 e. The molecule has 0 nitrogen and oxygen atoms in total. The van der Waals surface area contributed by atoms with E-state index in [0.29, 0.717) is 10.6 Å². The maximum Gasteiger partial charge on any atom is 0.0713 e. The fourth-order valence-electron chi connectivity index (χ4n) is 5.10. The first-order valence-corrected chi connectivity index (χ1v) is 10.9. The highest BCUT2D eigenvalue weighted by molar-refractivity contribution is 6.30. The van der Waals surface area contributed by atoms with Gasteiger partial charge in [-0.3, -0.25) is 0 Å². The highest BCUT2D eigenvalue weighted by Crippen LogP contribution is 2.58. The number of hydrogen-bond donors (Lipinski definition) is 0. The second kappa shape index (κ2) is 7.51. The van der Waals surface area contributed by atoms with Crippen LogP contribution in [0.5, 0.6) is 0 Å². The number of benzene rings is 5. The summed E-state index contributed by atoms with van der Waals surface area (Å²) in [6.45, 7) is 0. The van der Waals surface area contributed by atoms with Gasteiger partial charge in [0, 0.05) is 5.02 Å². The molecule has 0 aromatic heterocycles. The summed E-state index contributed by atoms with van der Waals surface area (Å²) >= 11 is 6.30. The normalized spacial score (nSPS) is 18.6. The lowest BCUT2D eigenvalue weighted by molar-refractivity contribution is 0.768. The summed E-state index contributed by atoms with van der Waals surface area (Å²) in [5.41, 5.74) is 6.15. The van der Waals surface area contributed by atoms with E-state index in [-0.39, 0.29) is 29.7 Å². The van der Waals surface area contributed by atoms with E-state index in [1.54, 1.807) is 0 Å². The highest BCUT2D eigenvalue weighted by Gasteiger charge is 2.46. The van der Waals surface area contributed by atoms with E-state index < -0.39 is 11.5 Å². The van der Waals surface area contributed by atoms with Crippen LogP contribution in [0, 0.1) is 0 Å². The molecule has 0 heterocycles. The molecule has 1 unspecified atom stereocenters. The lowest BCUT2D eigenvalue weighted by atomic mass is 9.67. The van der Waals surface area contributed by atoms with Crippen molar-refractivity contribution in [3.8, 4) is 22.3 Å². The molecule has 0 N–H and O–H groups in total. The molecule has 0 aliphatic heterocycles. The zero-order valence-electron chi connectivity index (χ0n) is 22.1. The van der Waals surface area contributed by atoms with Crippen molar-refractivity contribution in [3.05, 3.63) is 155 Å². The second-order valence-corrected chi connectivity index (χ2v) is 8.33. The quantitative estimate of drug-likeness (QED) is 0.263. The minimum atomic E-state index is -0.679. The Kier molecular flexibility index (Phi) is 3.39. The van der Waals surface area contributed by atoms with E-state index in [1.165, 1.54) is 0 Å². The molecule has 0 saturated heterocycles. The Labute approximate surface area is 200 Å². The predicted molar refractivity (Wildman–Crippen MR) is 134 cm³/mol. The van der Waals surface area contributed by atoms with Crippen LogP contribution in [-0.4, -0.2) is 0 Å². The van der Waals surface area contributed by atoms with Gasteiger partial charge in [-0.25, -0.2) is 0 Å². The van der Waals surface area contributed by atoms with Crippen molar-refractivity contribution in [1.82, 2.24) is 0 Å². The summed E-state index contributed by atoms with van der Waals surface area (Å²) in [4.78, 5) is 0. The van der Waals surface area contributed by atoms with Crippen molar-refractivity contribution in [3.63, 3.8) is 0 Å². The highest BCUT2D eigenvalue weighted by atomic mass is 35.5. The van der Waals surface area contributed by atoms with Crippen LogP contribution >= 0.6 is 11.6 Å². The van der Waals surface area contributed by atoms with Crippen LogP contribution in [-0.2, 0) is 5.41 Å². The summed E-state index contributed by atoms with van der Waals surface area (Å²) in [6.07, 6.45) is 0. The fraction of sp³-hybridized carbons (Fsp3) is 0.0323. The van der Waals surface area contributed by atoms with Gasteiger partial charge in [0.15, 0.2) is 0 Å². The van der Waals surface area contributed by atoms with Crippen LogP contribution in [0.2, 0.25) is 5.02 Å². The molecule has 0 fully saturated rings. The molecule has 0 radical (unpaired) electrons. The molecule has 32 heavy (non-hydrogen) atoms. The third kappa shape index (κ3) is 2.70. The number of fused-ring (bicyclic) bond motifs is 3. The molecule has 0 spiro atoms. The maximum atomic E-state index is 8.68. The summed E-state index contributed by atoms with van der Waals surface area (Å²) in [5, 5.41) is 0.645. The lowest BCUT2D eigenvalue weighted by Gasteiger charge is -2.34. The monoisotopic (exact) mass is 433 g/mol. The molecule has 0 bridgehead atoms. The van der Waals surface area contributed by atoms with Crippen molar-refractivity contribution in [1.29, 1.82) is 0 Å². The van der Waals surface area contributed by atoms with Crippen LogP contribution in [0.4, 0.5) is 0 Å². The van der Waals surface area contributed by atoms with Gasteiger partial charge >= 0.3 is 0 Å². The Morgan fingerprint density at radius 2 is 1.19 bits per heavy atom. The van der Waals surface area contributed by atoms with Crippen molar-refractivity contribution >= 4 is 11.6 Å². The zero-order chi connectivity index (χ0) is 25.9. The smallest absolute Gasteiger partial charge is 0.0713 e. The SMILES string of the molecule is [2H]c1c([2H])c([2H])c(-c2cccc3c2-c2ccccc2C3(c2ccccc2)c2ccc(Cl)cc2)c([2H])c1[2H]. The van der Waals surface area contributed by atoms with Gasteiger partial charge in [-0.2, -0.15) is 0 Å². The number of halogens is 1. The Morgan fingerprint density at radius 1 is 0.562 bits per heavy atom. The van der Waals surface area contributed by atoms with Gasteiger partial charge in [0.1, 0.15) is 0 Å². The predicted octanol–water partition coefficient (Wildman–Crippen LogP) is 8.37. The van der Waals surface area contributed by atoms with E-state index in [0.717, 1.165) is 33.4 Å². The van der Waals surface area contributed by atoms with Crippen LogP contribution in [0.25, 0.3) is 22.3 Å². The van der Waals surface area contributed by atoms with Gasteiger partial charge in [-0.05, 0) is 56.6 Å². The van der Waals surface area contributed by atoms with Crippen LogP contribution in [0.1, 0.15) is 29.1 Å². The second-order valence-electron chi connectivity index (χ2n) is 7.90.